The third-order valence-corrected chi connectivity index (χ3v) is 4.86. The molecule has 1 aliphatic rings. The van der Waals surface area contributed by atoms with Crippen LogP contribution in [-0.2, 0) is 0 Å². The van der Waals surface area contributed by atoms with Crippen LogP contribution < -0.4 is 11.1 Å². The first-order valence-corrected chi connectivity index (χ1v) is 7.35. The standard InChI is InChI=1S/C11H9BrClN5S/c12-8-6-16-10(9-15-4-5-18(8)9)19-11(14)7(13)2-1-3-17-11/h1-6,17H,14H2. The van der Waals surface area contributed by atoms with Gasteiger partial charge in [0.15, 0.2) is 10.6 Å². The molecule has 1 unspecified atom stereocenters. The lowest BCUT2D eigenvalue weighted by Gasteiger charge is -2.30. The largest absolute Gasteiger partial charge is 0.360 e. The third kappa shape index (κ3) is 2.27. The van der Waals surface area contributed by atoms with Crippen molar-refractivity contribution in [1.29, 1.82) is 0 Å². The molecule has 0 aromatic carbocycles. The summed E-state index contributed by atoms with van der Waals surface area (Å²) in [5, 5.41) is 4.24. The summed E-state index contributed by atoms with van der Waals surface area (Å²) >= 11 is 10.9. The number of nitrogens with two attached hydrogens (primary N) is 1. The average molecular weight is 359 g/mol. The Balaban J connectivity index is 2.02. The minimum absolute atomic E-state index is 0.509. The summed E-state index contributed by atoms with van der Waals surface area (Å²) in [4.78, 5) is 7.72. The molecule has 1 aliphatic heterocycles. The SMILES string of the molecule is NC1(Sc2ncc(Br)n3ccnc23)NC=CC=C1Cl. The number of fused-ring (bicyclic) bond motifs is 1. The first-order chi connectivity index (χ1) is 9.10. The lowest BCUT2D eigenvalue weighted by Crippen LogP contribution is -2.49. The minimum Gasteiger partial charge on any atom is -0.360 e. The van der Waals surface area contributed by atoms with Crippen molar-refractivity contribution in [3.05, 3.63) is 46.6 Å². The second-order valence-corrected chi connectivity index (χ2v) is 6.32. The Morgan fingerprint density at radius 3 is 3.11 bits per heavy atom. The molecular weight excluding hydrogens is 350 g/mol. The fourth-order valence-electron chi connectivity index (χ4n) is 1.67. The summed E-state index contributed by atoms with van der Waals surface area (Å²) in [6.07, 6.45) is 10.6. The van der Waals surface area contributed by atoms with Gasteiger partial charge >= 0.3 is 0 Å². The summed E-state index contributed by atoms with van der Waals surface area (Å²) in [5.74, 6) is 0. The Labute approximate surface area is 127 Å². The highest BCUT2D eigenvalue weighted by atomic mass is 79.9. The maximum Gasteiger partial charge on any atom is 0.177 e. The number of nitrogens with zero attached hydrogens (tertiary/aromatic N) is 3. The monoisotopic (exact) mass is 357 g/mol. The molecule has 3 rings (SSSR count). The third-order valence-electron chi connectivity index (χ3n) is 2.60. The smallest absolute Gasteiger partial charge is 0.177 e. The Hall–Kier alpha value is -1.02. The zero-order valence-corrected chi connectivity index (χ0v) is 12.7. The number of hydrogen-bond donors (Lipinski definition) is 2. The molecular formula is C11H9BrClN5S. The quantitative estimate of drug-likeness (QED) is 0.807. The van der Waals surface area contributed by atoms with Gasteiger partial charge in [-0.15, -0.1) is 0 Å². The van der Waals surface area contributed by atoms with Crippen molar-refractivity contribution in [3.8, 4) is 0 Å². The van der Waals surface area contributed by atoms with E-state index in [9.17, 15) is 0 Å². The molecule has 0 saturated heterocycles. The molecule has 3 heterocycles. The van der Waals surface area contributed by atoms with Gasteiger partial charge in [0.25, 0.3) is 0 Å². The predicted octanol–water partition coefficient (Wildman–Crippen LogP) is 2.44. The number of dihydropyridines is 1. The summed E-state index contributed by atoms with van der Waals surface area (Å²) in [6, 6.07) is 0. The zero-order chi connectivity index (χ0) is 13.5. The van der Waals surface area contributed by atoms with Crippen LogP contribution in [0.15, 0.2) is 51.6 Å². The number of imidazole rings is 1. The van der Waals surface area contributed by atoms with Crippen molar-refractivity contribution in [2.24, 2.45) is 5.73 Å². The first-order valence-electron chi connectivity index (χ1n) is 5.36. The van der Waals surface area contributed by atoms with Gasteiger partial charge in [0, 0.05) is 12.4 Å². The van der Waals surface area contributed by atoms with Crippen LogP contribution in [0.5, 0.6) is 0 Å². The van der Waals surface area contributed by atoms with E-state index in [4.69, 9.17) is 17.3 Å². The van der Waals surface area contributed by atoms with Crippen LogP contribution in [0.4, 0.5) is 0 Å². The minimum atomic E-state index is -0.927. The van der Waals surface area contributed by atoms with E-state index in [0.29, 0.717) is 10.1 Å². The second-order valence-electron chi connectivity index (χ2n) is 3.86. The molecule has 98 valence electrons. The van der Waals surface area contributed by atoms with Crippen molar-refractivity contribution in [2.45, 2.75) is 10.0 Å². The molecule has 3 N–H and O–H groups in total. The number of rotatable bonds is 2. The first kappa shape index (κ1) is 13.0. The van der Waals surface area contributed by atoms with E-state index in [-0.39, 0.29) is 0 Å². The molecule has 2 aromatic heterocycles. The van der Waals surface area contributed by atoms with E-state index in [0.717, 1.165) is 10.3 Å². The van der Waals surface area contributed by atoms with Crippen molar-refractivity contribution in [1.82, 2.24) is 19.7 Å². The summed E-state index contributed by atoms with van der Waals surface area (Å²) in [7, 11) is 0. The molecule has 0 amide bonds. The highest BCUT2D eigenvalue weighted by Crippen LogP contribution is 2.36. The van der Waals surface area contributed by atoms with E-state index in [2.05, 4.69) is 31.2 Å². The number of aromatic nitrogens is 3. The van der Waals surface area contributed by atoms with Crippen molar-refractivity contribution < 1.29 is 0 Å². The molecule has 0 saturated carbocycles. The molecule has 2 aromatic rings. The number of hydrogen-bond acceptors (Lipinski definition) is 5. The summed E-state index contributed by atoms with van der Waals surface area (Å²) in [5.41, 5.74) is 6.97. The van der Waals surface area contributed by atoms with Gasteiger partial charge in [-0.25, -0.2) is 9.97 Å². The van der Waals surface area contributed by atoms with Gasteiger partial charge in [-0.1, -0.05) is 23.4 Å². The molecule has 5 nitrogen and oxygen atoms in total. The summed E-state index contributed by atoms with van der Waals surface area (Å²) in [6.45, 7) is 0. The van der Waals surface area contributed by atoms with Crippen molar-refractivity contribution >= 4 is 44.9 Å². The van der Waals surface area contributed by atoms with Crippen LogP contribution in [-0.4, -0.2) is 19.4 Å². The number of nitrogens with one attached hydrogen (secondary N) is 1. The highest BCUT2D eigenvalue weighted by molar-refractivity contribution is 9.10. The van der Waals surface area contributed by atoms with Crippen LogP contribution in [0.1, 0.15) is 0 Å². The van der Waals surface area contributed by atoms with E-state index in [1.54, 1.807) is 30.7 Å². The van der Waals surface area contributed by atoms with Gasteiger partial charge < -0.3 is 5.32 Å². The highest BCUT2D eigenvalue weighted by Gasteiger charge is 2.32. The van der Waals surface area contributed by atoms with Crippen molar-refractivity contribution in [3.63, 3.8) is 0 Å². The molecule has 0 fully saturated rings. The Bertz CT molecular complexity index is 697. The van der Waals surface area contributed by atoms with E-state index in [1.165, 1.54) is 11.8 Å². The normalized spacial score (nSPS) is 22.4. The van der Waals surface area contributed by atoms with Crippen LogP contribution in [0, 0.1) is 0 Å². The van der Waals surface area contributed by atoms with E-state index in [1.807, 2.05) is 10.6 Å². The van der Waals surface area contributed by atoms with E-state index < -0.39 is 4.99 Å². The molecule has 19 heavy (non-hydrogen) atoms. The number of halogens is 2. The topological polar surface area (TPSA) is 68.2 Å². The van der Waals surface area contributed by atoms with Crippen LogP contribution >= 0.6 is 39.3 Å². The van der Waals surface area contributed by atoms with Gasteiger partial charge in [-0.3, -0.25) is 10.1 Å². The van der Waals surface area contributed by atoms with Crippen molar-refractivity contribution in [2.75, 3.05) is 0 Å². The molecule has 0 radical (unpaired) electrons. The second kappa shape index (κ2) is 4.82. The number of allylic oxidation sites excluding steroid dienone is 2. The molecule has 8 heteroatoms. The maximum atomic E-state index is 6.24. The van der Waals surface area contributed by atoms with Gasteiger partial charge in [-0.05, 0) is 34.3 Å². The zero-order valence-electron chi connectivity index (χ0n) is 9.55. The van der Waals surface area contributed by atoms with Gasteiger partial charge in [0.1, 0.15) is 9.63 Å². The van der Waals surface area contributed by atoms with Crippen LogP contribution in [0.25, 0.3) is 5.65 Å². The number of thioether (sulfide) groups is 1. The Kier molecular flexibility index (Phi) is 3.30. The lowest BCUT2D eigenvalue weighted by atomic mass is 10.3. The van der Waals surface area contributed by atoms with E-state index >= 15 is 0 Å². The fourth-order valence-corrected chi connectivity index (χ4v) is 3.24. The Morgan fingerprint density at radius 1 is 1.47 bits per heavy atom. The van der Waals surface area contributed by atoms with Gasteiger partial charge in [0.2, 0.25) is 0 Å². The van der Waals surface area contributed by atoms with Crippen LogP contribution in [0.3, 0.4) is 0 Å². The maximum absolute atomic E-state index is 6.24. The lowest BCUT2D eigenvalue weighted by molar-refractivity contribution is 0.652. The van der Waals surface area contributed by atoms with Crippen LogP contribution in [0.2, 0.25) is 0 Å². The molecule has 0 bridgehead atoms. The molecule has 1 atom stereocenters. The molecule has 0 spiro atoms. The Morgan fingerprint density at radius 2 is 2.32 bits per heavy atom. The van der Waals surface area contributed by atoms with Gasteiger partial charge in [-0.2, -0.15) is 0 Å². The fraction of sp³-hybridized carbons (Fsp3) is 0.0909. The summed E-state index contributed by atoms with van der Waals surface area (Å²) < 4.78 is 2.71. The molecule has 0 aliphatic carbocycles. The van der Waals surface area contributed by atoms with Gasteiger partial charge in [0.05, 0.1) is 11.2 Å². The average Bonchev–Trinajstić information content (AvgIpc) is 2.87. The predicted molar refractivity (Wildman–Crippen MR) is 79.7 cm³/mol.